The van der Waals surface area contributed by atoms with Crippen molar-refractivity contribution < 1.29 is 23.1 Å². The number of para-hydroxylation sites is 2. The summed E-state index contributed by atoms with van der Waals surface area (Å²) in [6, 6.07) is 18.5. The first-order valence-electron chi connectivity index (χ1n) is 9.32. The van der Waals surface area contributed by atoms with E-state index in [0.29, 0.717) is 23.6 Å². The Hall–Kier alpha value is -1.22. The van der Waals surface area contributed by atoms with Crippen LogP contribution in [0.15, 0.2) is 60.7 Å². The van der Waals surface area contributed by atoms with Crippen LogP contribution in [0.25, 0.3) is 0 Å². The molecule has 0 heterocycles. The molecule has 0 spiro atoms. The molecule has 2 N–H and O–H groups in total. The molecular weight excluding hydrogens is 382 g/mol. The third-order valence-electron chi connectivity index (χ3n) is 4.20. The van der Waals surface area contributed by atoms with Crippen molar-refractivity contribution in [3.63, 3.8) is 0 Å². The molecule has 0 saturated carbocycles. The highest BCUT2D eigenvalue weighted by atomic mass is 31.3. The van der Waals surface area contributed by atoms with E-state index in [1.807, 2.05) is 60.7 Å². The van der Waals surface area contributed by atoms with Crippen LogP contribution < -0.4 is 9.05 Å². The molecule has 1 atom stereocenters. The van der Waals surface area contributed by atoms with Crippen LogP contribution >= 0.6 is 16.5 Å². The Kier molecular flexibility index (Phi) is 9.47. The first-order valence-corrected chi connectivity index (χ1v) is 12.2. The van der Waals surface area contributed by atoms with E-state index in [-0.39, 0.29) is 0 Å². The van der Waals surface area contributed by atoms with Crippen molar-refractivity contribution in [1.29, 1.82) is 0 Å². The van der Waals surface area contributed by atoms with Gasteiger partial charge in [0.2, 0.25) is 0 Å². The molecule has 0 radical (unpaired) electrons. The first-order chi connectivity index (χ1) is 13.1. The summed E-state index contributed by atoms with van der Waals surface area (Å²) in [7, 11) is -5.71. The molecule has 5 nitrogen and oxygen atoms in total. The second kappa shape index (κ2) is 11.6. The molecule has 1 unspecified atom stereocenters. The molecule has 0 aromatic heterocycles. The highest BCUT2D eigenvalue weighted by Gasteiger charge is 2.52. The molecule has 2 aromatic rings. The Labute approximate surface area is 163 Å². The second-order valence-corrected chi connectivity index (χ2v) is 9.46. The molecule has 0 fully saturated rings. The lowest BCUT2D eigenvalue weighted by Crippen LogP contribution is -2.20. The highest BCUT2D eigenvalue weighted by molar-refractivity contribution is 7.68. The van der Waals surface area contributed by atoms with Gasteiger partial charge in [0.05, 0.1) is 0 Å². The molecule has 148 valence electrons. The highest BCUT2D eigenvalue weighted by Crippen LogP contribution is 2.68. The average molecular weight is 411 g/mol. The van der Waals surface area contributed by atoms with E-state index in [0.717, 1.165) is 25.7 Å². The number of benzene rings is 2. The Morgan fingerprint density at radius 2 is 1.41 bits per heavy atom. The minimum Gasteiger partial charge on any atom is -0.326 e. The van der Waals surface area contributed by atoms with Gasteiger partial charge in [0.15, 0.2) is 17.7 Å². The zero-order chi connectivity index (χ0) is 19.5. The van der Waals surface area contributed by atoms with Crippen molar-refractivity contribution >= 4 is 16.5 Å². The van der Waals surface area contributed by atoms with Crippen LogP contribution in [0.5, 0.6) is 11.5 Å². The average Bonchev–Trinajstić information content (AvgIpc) is 2.66. The van der Waals surface area contributed by atoms with E-state index in [1.54, 1.807) is 0 Å². The SMILES string of the molecule is CCCCC(CC)C[P+](Oc1ccccc1)(Oc1ccccc1)OP(O)O. The van der Waals surface area contributed by atoms with Crippen LogP contribution in [0.2, 0.25) is 0 Å². The number of unbranched alkanes of at least 4 members (excludes halogenated alkanes) is 1. The Morgan fingerprint density at radius 1 is 0.889 bits per heavy atom. The molecule has 2 rings (SSSR count). The van der Waals surface area contributed by atoms with Crippen LogP contribution in [-0.2, 0) is 4.31 Å². The summed E-state index contributed by atoms with van der Waals surface area (Å²) < 4.78 is 18.0. The van der Waals surface area contributed by atoms with Crippen LogP contribution in [0.1, 0.15) is 39.5 Å². The van der Waals surface area contributed by atoms with Crippen LogP contribution in [-0.4, -0.2) is 15.9 Å². The van der Waals surface area contributed by atoms with Crippen molar-refractivity contribution in [1.82, 2.24) is 0 Å². The lowest BCUT2D eigenvalue weighted by atomic mass is 10.0. The van der Waals surface area contributed by atoms with Crippen molar-refractivity contribution in [3.8, 4) is 11.5 Å². The Bertz CT molecular complexity index is 598. The predicted molar refractivity (Wildman–Crippen MR) is 112 cm³/mol. The summed E-state index contributed by atoms with van der Waals surface area (Å²) in [5, 5.41) is 0. The smallest absolute Gasteiger partial charge is 0.326 e. The summed E-state index contributed by atoms with van der Waals surface area (Å²) in [6.07, 6.45) is 4.66. The van der Waals surface area contributed by atoms with E-state index in [1.165, 1.54) is 0 Å². The van der Waals surface area contributed by atoms with E-state index >= 15 is 0 Å². The maximum Gasteiger partial charge on any atom is 0.505 e. The third kappa shape index (κ3) is 7.73. The normalized spacial score (nSPS) is 12.8. The first kappa shape index (κ1) is 22.1. The predicted octanol–water partition coefficient (Wildman–Crippen LogP) is 6.35. The molecule has 0 amide bonds. The molecule has 2 aromatic carbocycles. The van der Waals surface area contributed by atoms with Gasteiger partial charge in [0, 0.05) is 5.92 Å². The van der Waals surface area contributed by atoms with E-state index in [4.69, 9.17) is 13.4 Å². The summed E-state index contributed by atoms with van der Waals surface area (Å²) >= 11 is 0. The fourth-order valence-corrected chi connectivity index (χ4v) is 6.36. The topological polar surface area (TPSA) is 68.2 Å². The molecular formula is C20H29O5P2+. The van der Waals surface area contributed by atoms with Crippen molar-refractivity contribution in [3.05, 3.63) is 60.7 Å². The number of hydrogen-bond donors (Lipinski definition) is 2. The quantitative estimate of drug-likeness (QED) is 0.398. The monoisotopic (exact) mass is 411 g/mol. The van der Waals surface area contributed by atoms with Crippen molar-refractivity contribution in [2.45, 2.75) is 39.5 Å². The van der Waals surface area contributed by atoms with Gasteiger partial charge in [-0.25, -0.2) is 0 Å². The lowest BCUT2D eigenvalue weighted by molar-refractivity contribution is 0.301. The fourth-order valence-electron chi connectivity index (χ4n) is 2.79. The lowest BCUT2D eigenvalue weighted by Gasteiger charge is -2.25. The molecule has 27 heavy (non-hydrogen) atoms. The van der Waals surface area contributed by atoms with Gasteiger partial charge in [-0.1, -0.05) is 67.4 Å². The summed E-state index contributed by atoms with van der Waals surface area (Å²) in [5.74, 6) is 1.48. The molecule has 0 aliphatic rings. The molecule has 0 saturated heterocycles. The third-order valence-corrected chi connectivity index (χ3v) is 7.72. The van der Waals surface area contributed by atoms with Crippen LogP contribution in [0.3, 0.4) is 0 Å². The molecule has 0 bridgehead atoms. The standard InChI is InChI=1S/C20H29O5P2/c1-3-5-12-18(4-2)17-27(25-26(21)22,23-19-13-8-6-9-14-19)24-20-15-10-7-11-16-20/h6-11,13-16,18,21-22H,3-5,12,17H2,1-2H3/q+1. The fraction of sp³-hybridized carbons (Fsp3) is 0.400. The summed E-state index contributed by atoms with van der Waals surface area (Å²) in [4.78, 5) is 19.3. The van der Waals surface area contributed by atoms with E-state index < -0.39 is 16.5 Å². The van der Waals surface area contributed by atoms with Gasteiger partial charge in [0.1, 0.15) is 0 Å². The minimum atomic E-state index is -3.08. The Balaban J connectivity index is 2.33. The second-order valence-electron chi connectivity index (χ2n) is 6.35. The maximum atomic E-state index is 9.67. The van der Waals surface area contributed by atoms with Gasteiger partial charge in [-0.05, 0) is 37.1 Å². The van der Waals surface area contributed by atoms with Gasteiger partial charge in [0.25, 0.3) is 0 Å². The largest absolute Gasteiger partial charge is 0.505 e. The van der Waals surface area contributed by atoms with Gasteiger partial charge in [-0.3, -0.25) is 9.05 Å². The van der Waals surface area contributed by atoms with E-state index in [2.05, 4.69) is 13.8 Å². The van der Waals surface area contributed by atoms with E-state index in [9.17, 15) is 9.79 Å². The summed E-state index contributed by atoms with van der Waals surface area (Å²) in [6.45, 7) is 4.29. The molecule has 7 heteroatoms. The molecule has 0 aliphatic heterocycles. The van der Waals surface area contributed by atoms with Crippen LogP contribution in [0.4, 0.5) is 0 Å². The zero-order valence-electron chi connectivity index (χ0n) is 15.9. The van der Waals surface area contributed by atoms with Crippen LogP contribution in [0, 0.1) is 5.92 Å². The minimum absolute atomic E-state index is 0.306. The van der Waals surface area contributed by atoms with Gasteiger partial charge in [-0.2, -0.15) is 0 Å². The molecule has 0 aliphatic carbocycles. The summed E-state index contributed by atoms with van der Waals surface area (Å²) in [5.41, 5.74) is 0. The van der Waals surface area contributed by atoms with Gasteiger partial charge < -0.3 is 9.79 Å². The van der Waals surface area contributed by atoms with Gasteiger partial charge in [-0.15, -0.1) is 0 Å². The number of hydrogen-bond acceptors (Lipinski definition) is 5. The maximum absolute atomic E-state index is 9.67. The zero-order valence-corrected chi connectivity index (χ0v) is 17.7. The number of rotatable bonds is 12. The van der Waals surface area contributed by atoms with Crippen molar-refractivity contribution in [2.24, 2.45) is 5.92 Å². The van der Waals surface area contributed by atoms with Gasteiger partial charge >= 0.3 is 16.5 Å². The van der Waals surface area contributed by atoms with Crippen molar-refractivity contribution in [2.75, 3.05) is 6.16 Å². The Morgan fingerprint density at radius 3 is 1.81 bits per heavy atom.